The van der Waals surface area contributed by atoms with E-state index in [0.717, 1.165) is 0 Å². The zero-order chi connectivity index (χ0) is 14.2. The molecule has 0 aliphatic carbocycles. The van der Waals surface area contributed by atoms with E-state index in [1.165, 1.54) is 5.57 Å². The Morgan fingerprint density at radius 1 is 1.10 bits per heavy atom. The zero-order valence-electron chi connectivity index (χ0n) is 12.5. The van der Waals surface area contributed by atoms with E-state index in [-0.39, 0.29) is 34.7 Å². The summed E-state index contributed by atoms with van der Waals surface area (Å²) in [5, 5.41) is 0. The predicted octanol–water partition coefficient (Wildman–Crippen LogP) is 1.71. The van der Waals surface area contributed by atoms with Gasteiger partial charge in [-0.05, 0) is 19.4 Å². The van der Waals surface area contributed by atoms with Gasteiger partial charge in [-0.3, -0.25) is 0 Å². The van der Waals surface area contributed by atoms with Gasteiger partial charge in [0.2, 0.25) is 0 Å². The molecule has 2 saturated heterocycles. The minimum absolute atomic E-state index is 0.0428. The van der Waals surface area contributed by atoms with Crippen molar-refractivity contribution in [3.05, 3.63) is 23.8 Å². The van der Waals surface area contributed by atoms with Gasteiger partial charge in [0.15, 0.2) is 0 Å². The molecule has 0 spiro atoms. The summed E-state index contributed by atoms with van der Waals surface area (Å²) in [6.07, 6.45) is 6.75. The molecule has 4 aliphatic rings. The molecule has 0 saturated carbocycles. The lowest BCUT2D eigenvalue weighted by Crippen LogP contribution is -2.63. The van der Waals surface area contributed by atoms with Crippen molar-refractivity contribution < 1.29 is 18.9 Å². The van der Waals surface area contributed by atoms with Crippen LogP contribution in [0, 0.1) is 10.8 Å². The molecule has 0 aromatic heterocycles. The average Bonchev–Trinajstić information content (AvgIpc) is 3.09. The maximum atomic E-state index is 6.46. The van der Waals surface area contributed by atoms with Crippen LogP contribution in [0.3, 0.4) is 0 Å². The van der Waals surface area contributed by atoms with Crippen molar-refractivity contribution in [2.24, 2.45) is 10.8 Å². The van der Waals surface area contributed by atoms with Gasteiger partial charge in [-0.25, -0.2) is 0 Å². The van der Waals surface area contributed by atoms with Gasteiger partial charge in [0.25, 0.3) is 0 Å². The summed E-state index contributed by atoms with van der Waals surface area (Å²) in [4.78, 5) is 0. The fraction of sp³-hybridized carbons (Fsp3) is 0.750. The molecular formula is C16H22O4. The summed E-state index contributed by atoms with van der Waals surface area (Å²) in [5.74, 6) is 0. The van der Waals surface area contributed by atoms with Crippen LogP contribution >= 0.6 is 0 Å². The van der Waals surface area contributed by atoms with E-state index in [4.69, 9.17) is 18.9 Å². The van der Waals surface area contributed by atoms with Crippen LogP contribution < -0.4 is 0 Å². The first-order chi connectivity index (χ1) is 9.56. The lowest BCUT2D eigenvalue weighted by Gasteiger charge is -2.52. The summed E-state index contributed by atoms with van der Waals surface area (Å²) < 4.78 is 24.0. The van der Waals surface area contributed by atoms with Gasteiger partial charge in [0.05, 0.1) is 48.0 Å². The number of hydrogen-bond donors (Lipinski definition) is 0. The number of fused-ring (bicyclic) bond motifs is 9. The Bertz CT molecular complexity index is 513. The second-order valence-corrected chi connectivity index (χ2v) is 6.66. The van der Waals surface area contributed by atoms with Crippen LogP contribution in [0.25, 0.3) is 0 Å². The Hall–Kier alpha value is -0.680. The smallest absolute Gasteiger partial charge is 0.0984 e. The van der Waals surface area contributed by atoms with Crippen molar-refractivity contribution in [3.8, 4) is 0 Å². The number of methoxy groups -OCH3 is 2. The maximum Gasteiger partial charge on any atom is 0.0984 e. The molecule has 2 fully saturated rings. The highest BCUT2D eigenvalue weighted by molar-refractivity contribution is 5.46. The minimum atomic E-state index is -0.337. The lowest BCUT2D eigenvalue weighted by atomic mass is 9.48. The molecule has 0 aromatic rings. The van der Waals surface area contributed by atoms with E-state index in [9.17, 15) is 0 Å². The fourth-order valence-electron chi connectivity index (χ4n) is 5.27. The lowest BCUT2D eigenvalue weighted by molar-refractivity contribution is -0.0929. The molecule has 4 aliphatic heterocycles. The molecule has 4 heteroatoms. The molecule has 4 heterocycles. The average molecular weight is 278 g/mol. The first kappa shape index (κ1) is 13.0. The standard InChI is InChI=1S/C16H22O4/c1-10-7-13-15(8-17-3)11-5-6-12(19-11)16(15,9-18-4)14(10,2)20-13/h5-7,11-13H,8-9H2,1-4H3/t11-,12+,13+,14-,15+,16-/m1/s1. The normalized spacial score (nSPS) is 54.6. The Morgan fingerprint density at radius 2 is 1.80 bits per heavy atom. The van der Waals surface area contributed by atoms with E-state index in [2.05, 4.69) is 32.1 Å². The predicted molar refractivity (Wildman–Crippen MR) is 73.5 cm³/mol. The van der Waals surface area contributed by atoms with E-state index in [1.807, 2.05) is 0 Å². The third-order valence-electron chi connectivity index (χ3n) is 6.21. The molecule has 0 radical (unpaired) electrons. The molecule has 4 nitrogen and oxygen atoms in total. The van der Waals surface area contributed by atoms with Crippen LogP contribution in [0.5, 0.6) is 0 Å². The Morgan fingerprint density at radius 3 is 2.50 bits per heavy atom. The fourth-order valence-corrected chi connectivity index (χ4v) is 5.27. The highest BCUT2D eigenvalue weighted by Gasteiger charge is 2.83. The second kappa shape index (κ2) is 3.74. The second-order valence-electron chi connectivity index (χ2n) is 6.66. The molecule has 20 heavy (non-hydrogen) atoms. The SMILES string of the molecule is COC[C@]12[C@@H]3C=C(C)[C@@](C)(O3)[C@@]1(COC)[C@@H]1C=C[C@H]2O1. The van der Waals surface area contributed by atoms with Gasteiger partial charge in [-0.1, -0.05) is 18.2 Å². The quantitative estimate of drug-likeness (QED) is 0.734. The van der Waals surface area contributed by atoms with E-state index >= 15 is 0 Å². The maximum absolute atomic E-state index is 6.46. The van der Waals surface area contributed by atoms with Crippen molar-refractivity contribution in [2.45, 2.75) is 37.8 Å². The first-order valence-electron chi connectivity index (χ1n) is 7.25. The Balaban J connectivity index is 1.96. The van der Waals surface area contributed by atoms with Crippen LogP contribution in [-0.4, -0.2) is 51.3 Å². The molecule has 110 valence electrons. The number of hydrogen-bond acceptors (Lipinski definition) is 4. The van der Waals surface area contributed by atoms with Crippen LogP contribution in [0.15, 0.2) is 23.8 Å². The molecule has 0 aromatic carbocycles. The van der Waals surface area contributed by atoms with E-state index in [1.54, 1.807) is 14.2 Å². The van der Waals surface area contributed by atoms with Gasteiger partial charge in [-0.15, -0.1) is 0 Å². The summed E-state index contributed by atoms with van der Waals surface area (Å²) in [7, 11) is 3.52. The largest absolute Gasteiger partial charge is 0.384 e. The van der Waals surface area contributed by atoms with Crippen LogP contribution in [0.2, 0.25) is 0 Å². The Labute approximate surface area is 119 Å². The molecule has 4 bridgehead atoms. The van der Waals surface area contributed by atoms with Gasteiger partial charge in [0, 0.05) is 14.2 Å². The Kier molecular flexibility index (Phi) is 2.44. The van der Waals surface area contributed by atoms with Gasteiger partial charge in [0.1, 0.15) is 0 Å². The van der Waals surface area contributed by atoms with Crippen LogP contribution in [0.1, 0.15) is 13.8 Å². The van der Waals surface area contributed by atoms with Gasteiger partial charge in [-0.2, -0.15) is 0 Å². The molecular weight excluding hydrogens is 256 g/mol. The van der Waals surface area contributed by atoms with Crippen LogP contribution in [0.4, 0.5) is 0 Å². The molecule has 6 atom stereocenters. The molecule has 0 N–H and O–H groups in total. The minimum Gasteiger partial charge on any atom is -0.384 e. The summed E-state index contributed by atoms with van der Waals surface area (Å²) >= 11 is 0. The van der Waals surface area contributed by atoms with Crippen molar-refractivity contribution in [2.75, 3.05) is 27.4 Å². The van der Waals surface area contributed by atoms with Crippen molar-refractivity contribution in [1.29, 1.82) is 0 Å². The van der Waals surface area contributed by atoms with E-state index in [0.29, 0.717) is 13.2 Å². The first-order valence-corrected chi connectivity index (χ1v) is 7.25. The third-order valence-corrected chi connectivity index (χ3v) is 6.21. The highest BCUT2D eigenvalue weighted by Crippen LogP contribution is 2.73. The molecule has 4 rings (SSSR count). The van der Waals surface area contributed by atoms with Crippen LogP contribution in [-0.2, 0) is 18.9 Å². The van der Waals surface area contributed by atoms with Crippen molar-refractivity contribution in [3.63, 3.8) is 0 Å². The molecule has 0 amide bonds. The molecule has 0 unspecified atom stereocenters. The van der Waals surface area contributed by atoms with Crippen molar-refractivity contribution in [1.82, 2.24) is 0 Å². The summed E-state index contributed by atoms with van der Waals surface area (Å²) in [6, 6.07) is 0. The van der Waals surface area contributed by atoms with E-state index < -0.39 is 0 Å². The summed E-state index contributed by atoms with van der Waals surface area (Å²) in [6.45, 7) is 5.60. The topological polar surface area (TPSA) is 36.9 Å². The number of rotatable bonds is 4. The van der Waals surface area contributed by atoms with Gasteiger partial charge < -0.3 is 18.9 Å². The third kappa shape index (κ3) is 1.02. The van der Waals surface area contributed by atoms with Crippen molar-refractivity contribution >= 4 is 0 Å². The monoisotopic (exact) mass is 278 g/mol. The summed E-state index contributed by atoms with van der Waals surface area (Å²) in [5.41, 5.74) is 0.575. The highest BCUT2D eigenvalue weighted by atomic mass is 16.6. The zero-order valence-corrected chi connectivity index (χ0v) is 12.5. The van der Waals surface area contributed by atoms with Gasteiger partial charge >= 0.3 is 0 Å². The number of ether oxygens (including phenoxy) is 4.